The smallest absolute Gasteiger partial charge is 0.230 e. The normalized spacial score (nSPS) is 16.9. The van der Waals surface area contributed by atoms with Crippen LogP contribution in [0.1, 0.15) is 18.5 Å². The van der Waals surface area contributed by atoms with Crippen molar-refractivity contribution in [2.75, 3.05) is 19.0 Å². The van der Waals surface area contributed by atoms with Gasteiger partial charge >= 0.3 is 0 Å². The standard InChI is InChI=1S/C29H27FN4O3/c1-17-10-21-23(33-17)8-9-25(28(21)30)37-29-22-13-26(35-2)27(14-24(22)31-16-32-29)36-15-18-11-20(12-18)34-19-6-4-3-5-7-19/h3-10,13-14,16,18,20,33-34H,11-12,15H2,1-2H3. The van der Waals surface area contributed by atoms with Crippen LogP contribution >= 0.6 is 0 Å². The molecule has 1 aliphatic carbocycles. The van der Waals surface area contributed by atoms with Gasteiger partial charge in [-0.3, -0.25) is 0 Å². The predicted molar refractivity (Wildman–Crippen MR) is 141 cm³/mol. The maximum Gasteiger partial charge on any atom is 0.230 e. The first-order valence-corrected chi connectivity index (χ1v) is 12.3. The fourth-order valence-corrected chi connectivity index (χ4v) is 4.83. The average Bonchev–Trinajstić information content (AvgIpc) is 3.28. The Kier molecular flexibility index (Phi) is 6.00. The number of benzene rings is 3. The molecule has 1 saturated carbocycles. The molecule has 0 radical (unpaired) electrons. The Morgan fingerprint density at radius 1 is 0.973 bits per heavy atom. The van der Waals surface area contributed by atoms with Crippen molar-refractivity contribution in [3.63, 3.8) is 0 Å². The fraction of sp³-hybridized carbons (Fsp3) is 0.241. The number of rotatable bonds is 8. The zero-order valence-corrected chi connectivity index (χ0v) is 20.6. The molecule has 2 aromatic heterocycles. The summed E-state index contributed by atoms with van der Waals surface area (Å²) >= 11 is 0. The van der Waals surface area contributed by atoms with Crippen LogP contribution in [0.15, 0.2) is 67.0 Å². The van der Waals surface area contributed by atoms with Gasteiger partial charge in [-0.05, 0) is 62.1 Å². The second-order valence-corrected chi connectivity index (χ2v) is 9.45. The Morgan fingerprint density at radius 3 is 2.62 bits per heavy atom. The number of nitrogens with one attached hydrogen (secondary N) is 2. The molecule has 7 nitrogen and oxygen atoms in total. The lowest BCUT2D eigenvalue weighted by Crippen LogP contribution is -2.38. The van der Waals surface area contributed by atoms with E-state index in [-0.39, 0.29) is 11.6 Å². The highest BCUT2D eigenvalue weighted by Crippen LogP contribution is 2.38. The molecule has 0 bridgehead atoms. The van der Waals surface area contributed by atoms with Gasteiger partial charge in [0.05, 0.1) is 24.6 Å². The molecule has 0 spiro atoms. The van der Waals surface area contributed by atoms with Gasteiger partial charge in [0.15, 0.2) is 23.1 Å². The van der Waals surface area contributed by atoms with Gasteiger partial charge in [-0.2, -0.15) is 0 Å². The van der Waals surface area contributed by atoms with Crippen LogP contribution in [0.2, 0.25) is 0 Å². The first kappa shape index (κ1) is 23.1. The van der Waals surface area contributed by atoms with E-state index in [9.17, 15) is 0 Å². The molecule has 37 heavy (non-hydrogen) atoms. The second kappa shape index (κ2) is 9.61. The molecule has 0 saturated heterocycles. The minimum atomic E-state index is -0.443. The van der Waals surface area contributed by atoms with Crippen LogP contribution in [0, 0.1) is 18.7 Å². The number of para-hydroxylation sites is 1. The van der Waals surface area contributed by atoms with Crippen LogP contribution in [-0.4, -0.2) is 34.7 Å². The Hall–Kier alpha value is -4.33. The number of fused-ring (bicyclic) bond motifs is 2. The Labute approximate surface area is 213 Å². The summed E-state index contributed by atoms with van der Waals surface area (Å²) < 4.78 is 32.8. The van der Waals surface area contributed by atoms with Gasteiger partial charge in [0.1, 0.15) is 6.33 Å². The van der Waals surface area contributed by atoms with E-state index in [1.54, 1.807) is 31.4 Å². The highest BCUT2D eigenvalue weighted by molar-refractivity contribution is 5.87. The molecule has 2 N–H and O–H groups in total. The van der Waals surface area contributed by atoms with Crippen molar-refractivity contribution in [3.05, 3.63) is 78.5 Å². The SMILES string of the molecule is COc1cc2c(Oc3ccc4[nH]c(C)cc4c3F)ncnc2cc1OCC1CC(Nc2ccccc2)C1. The summed E-state index contributed by atoms with van der Waals surface area (Å²) in [6.45, 7) is 2.47. The van der Waals surface area contributed by atoms with E-state index in [2.05, 4.69) is 32.4 Å². The van der Waals surface area contributed by atoms with Crippen LogP contribution in [0.5, 0.6) is 23.1 Å². The van der Waals surface area contributed by atoms with Crippen molar-refractivity contribution in [3.8, 4) is 23.1 Å². The number of anilines is 1. The number of halogens is 1. The Balaban J connectivity index is 1.17. The largest absolute Gasteiger partial charge is 0.493 e. The number of aryl methyl sites for hydroxylation is 1. The van der Waals surface area contributed by atoms with Gasteiger partial charge in [0.2, 0.25) is 5.88 Å². The van der Waals surface area contributed by atoms with Crippen molar-refractivity contribution in [2.45, 2.75) is 25.8 Å². The third-order valence-corrected chi connectivity index (χ3v) is 6.78. The summed E-state index contributed by atoms with van der Waals surface area (Å²) in [6, 6.07) is 19.4. The second-order valence-electron chi connectivity index (χ2n) is 9.45. The number of nitrogens with zero attached hydrogens (tertiary/aromatic N) is 2. The quantitative estimate of drug-likeness (QED) is 0.250. The van der Waals surface area contributed by atoms with Crippen molar-refractivity contribution in [2.24, 2.45) is 5.92 Å². The summed E-state index contributed by atoms with van der Waals surface area (Å²) in [5.41, 5.74) is 3.36. The lowest BCUT2D eigenvalue weighted by molar-refractivity contribution is 0.164. The van der Waals surface area contributed by atoms with Crippen molar-refractivity contribution in [1.82, 2.24) is 15.0 Å². The van der Waals surface area contributed by atoms with E-state index in [0.717, 1.165) is 24.2 Å². The van der Waals surface area contributed by atoms with E-state index >= 15 is 4.39 Å². The molecular weight excluding hydrogens is 471 g/mol. The van der Waals surface area contributed by atoms with Gasteiger partial charge in [-0.1, -0.05) is 18.2 Å². The molecule has 8 heteroatoms. The topological polar surface area (TPSA) is 81.3 Å². The van der Waals surface area contributed by atoms with Gasteiger partial charge < -0.3 is 24.5 Å². The molecular formula is C29H27FN4O3. The summed E-state index contributed by atoms with van der Waals surface area (Å²) in [7, 11) is 1.59. The van der Waals surface area contributed by atoms with Crippen molar-refractivity contribution >= 4 is 27.5 Å². The van der Waals surface area contributed by atoms with E-state index in [0.29, 0.717) is 51.9 Å². The predicted octanol–water partition coefficient (Wildman–Crippen LogP) is 6.63. The Bertz CT molecular complexity index is 1560. The molecule has 0 unspecified atom stereocenters. The van der Waals surface area contributed by atoms with Crippen molar-refractivity contribution < 1.29 is 18.6 Å². The van der Waals surface area contributed by atoms with Crippen LogP contribution < -0.4 is 19.5 Å². The molecule has 0 aliphatic heterocycles. The highest BCUT2D eigenvalue weighted by atomic mass is 19.1. The van der Waals surface area contributed by atoms with E-state index < -0.39 is 5.82 Å². The average molecular weight is 499 g/mol. The first-order chi connectivity index (χ1) is 18.1. The third kappa shape index (κ3) is 4.62. The van der Waals surface area contributed by atoms with Crippen LogP contribution in [0.25, 0.3) is 21.8 Å². The summed E-state index contributed by atoms with van der Waals surface area (Å²) in [5, 5.41) is 4.63. The summed E-state index contributed by atoms with van der Waals surface area (Å²) in [6.07, 6.45) is 3.49. The van der Waals surface area contributed by atoms with Crippen molar-refractivity contribution in [1.29, 1.82) is 0 Å². The highest BCUT2D eigenvalue weighted by Gasteiger charge is 2.30. The molecule has 6 rings (SSSR count). The van der Waals surface area contributed by atoms with E-state index in [4.69, 9.17) is 14.2 Å². The van der Waals surface area contributed by atoms with Crippen LogP contribution in [0.3, 0.4) is 0 Å². The molecule has 1 aliphatic rings. The molecule has 0 atom stereocenters. The number of aromatic amines is 1. The molecule has 1 fully saturated rings. The number of H-pyrrole nitrogens is 1. The first-order valence-electron chi connectivity index (χ1n) is 12.3. The van der Waals surface area contributed by atoms with Crippen LogP contribution in [-0.2, 0) is 0 Å². The molecule has 188 valence electrons. The van der Waals surface area contributed by atoms with Crippen LogP contribution in [0.4, 0.5) is 10.1 Å². The minimum absolute atomic E-state index is 0.0921. The summed E-state index contributed by atoms with van der Waals surface area (Å²) in [5.74, 6) is 1.50. The molecule has 0 amide bonds. The zero-order chi connectivity index (χ0) is 25.4. The molecule has 2 heterocycles. The number of aromatic nitrogens is 3. The summed E-state index contributed by atoms with van der Waals surface area (Å²) in [4.78, 5) is 11.8. The lowest BCUT2D eigenvalue weighted by atomic mass is 9.81. The van der Waals surface area contributed by atoms with Gasteiger partial charge in [0.25, 0.3) is 0 Å². The number of methoxy groups -OCH3 is 1. The lowest BCUT2D eigenvalue weighted by Gasteiger charge is -2.36. The molecule has 3 aromatic carbocycles. The third-order valence-electron chi connectivity index (χ3n) is 6.78. The van der Waals surface area contributed by atoms with Gasteiger partial charge in [-0.25, -0.2) is 14.4 Å². The van der Waals surface area contributed by atoms with Gasteiger partial charge in [0, 0.05) is 34.4 Å². The van der Waals surface area contributed by atoms with E-state index in [1.807, 2.05) is 31.2 Å². The number of hydrogen-bond donors (Lipinski definition) is 2. The monoisotopic (exact) mass is 498 g/mol. The van der Waals surface area contributed by atoms with Gasteiger partial charge in [-0.15, -0.1) is 0 Å². The fourth-order valence-electron chi connectivity index (χ4n) is 4.83. The number of ether oxygens (including phenoxy) is 3. The maximum absolute atomic E-state index is 15.1. The minimum Gasteiger partial charge on any atom is -0.493 e. The van der Waals surface area contributed by atoms with E-state index in [1.165, 1.54) is 6.33 Å². The zero-order valence-electron chi connectivity index (χ0n) is 20.6. The maximum atomic E-state index is 15.1. The Morgan fingerprint density at radius 2 is 1.81 bits per heavy atom. The molecule has 5 aromatic rings. The number of hydrogen-bond acceptors (Lipinski definition) is 6.